The summed E-state index contributed by atoms with van der Waals surface area (Å²) < 4.78 is 5.97. The Morgan fingerprint density at radius 2 is 1.17 bits per heavy atom. The molecule has 0 saturated carbocycles. The van der Waals surface area contributed by atoms with Crippen molar-refractivity contribution < 1.29 is 34.1 Å². The van der Waals surface area contributed by atoms with E-state index in [0.29, 0.717) is 19.3 Å². The van der Waals surface area contributed by atoms with Crippen molar-refractivity contribution in [1.29, 1.82) is 0 Å². The fourth-order valence-corrected chi connectivity index (χ4v) is 5.46. The van der Waals surface area contributed by atoms with Crippen LogP contribution in [0.15, 0.2) is 24.3 Å². The number of amides is 2. The molecule has 0 aromatic rings. The van der Waals surface area contributed by atoms with Gasteiger partial charge >= 0.3 is 11.9 Å². The summed E-state index contributed by atoms with van der Waals surface area (Å²) in [7, 11) is 0. The van der Waals surface area contributed by atoms with Crippen LogP contribution in [0.1, 0.15) is 174 Å². The second-order valence-corrected chi connectivity index (χ2v) is 13.0. The average Bonchev–Trinajstić information content (AvgIpc) is 3.07. The Balaban J connectivity index is 4.22. The van der Waals surface area contributed by atoms with E-state index in [-0.39, 0.29) is 24.5 Å². The first-order valence-electron chi connectivity index (χ1n) is 19.2. The van der Waals surface area contributed by atoms with Gasteiger partial charge < -0.3 is 25.6 Å². The minimum Gasteiger partial charge on any atom is -0.480 e. The van der Waals surface area contributed by atoms with Gasteiger partial charge in [-0.05, 0) is 64.2 Å². The van der Waals surface area contributed by atoms with Crippen molar-refractivity contribution in [2.45, 2.75) is 187 Å². The number of allylic oxidation sites excluding steroid dienone is 4. The summed E-state index contributed by atoms with van der Waals surface area (Å²) >= 11 is 0. The first-order chi connectivity index (χ1) is 23.3. The molecule has 0 aliphatic heterocycles. The molecule has 0 aliphatic carbocycles. The zero-order valence-corrected chi connectivity index (χ0v) is 30.5. The number of aliphatic hydroxyl groups is 1. The van der Waals surface area contributed by atoms with Gasteiger partial charge in [-0.15, -0.1) is 0 Å². The number of rotatable bonds is 34. The summed E-state index contributed by atoms with van der Waals surface area (Å²) in [5.74, 6) is -2.31. The van der Waals surface area contributed by atoms with Gasteiger partial charge in [-0.3, -0.25) is 14.4 Å². The van der Waals surface area contributed by atoms with E-state index in [4.69, 9.17) is 14.9 Å². The van der Waals surface area contributed by atoms with Gasteiger partial charge in [0.25, 0.3) is 0 Å². The highest BCUT2D eigenvalue weighted by atomic mass is 16.5. The molecular formula is C39H70N2O7. The van der Waals surface area contributed by atoms with Crippen molar-refractivity contribution in [3.8, 4) is 0 Å². The molecule has 0 spiro atoms. The molecule has 2 unspecified atom stereocenters. The molecule has 9 nitrogen and oxygen atoms in total. The quantitative estimate of drug-likeness (QED) is 0.0304. The minimum atomic E-state index is -1.38. The summed E-state index contributed by atoms with van der Waals surface area (Å²) in [5.41, 5.74) is 0. The first-order valence-corrected chi connectivity index (χ1v) is 19.2. The van der Waals surface area contributed by atoms with Crippen molar-refractivity contribution in [3.05, 3.63) is 24.3 Å². The Hall–Kier alpha value is -2.68. The van der Waals surface area contributed by atoms with Crippen LogP contribution in [0.2, 0.25) is 0 Å². The maximum absolute atomic E-state index is 12.7. The minimum absolute atomic E-state index is 0.0137. The lowest BCUT2D eigenvalue weighted by Crippen LogP contribution is -2.47. The predicted molar refractivity (Wildman–Crippen MR) is 195 cm³/mol. The van der Waals surface area contributed by atoms with Gasteiger partial charge in [0.15, 0.2) is 0 Å². The van der Waals surface area contributed by atoms with Crippen LogP contribution in [0, 0.1) is 0 Å². The van der Waals surface area contributed by atoms with Crippen LogP contribution in [0.4, 0.5) is 0 Å². The molecule has 0 aromatic heterocycles. The molecule has 0 aliphatic rings. The maximum Gasteiger partial charge on any atom is 0.328 e. The molecule has 0 rings (SSSR count). The maximum atomic E-state index is 12.7. The van der Waals surface area contributed by atoms with E-state index in [9.17, 15) is 19.2 Å². The van der Waals surface area contributed by atoms with E-state index in [1.165, 1.54) is 57.8 Å². The van der Waals surface area contributed by atoms with Crippen LogP contribution in [0.3, 0.4) is 0 Å². The predicted octanol–water partition coefficient (Wildman–Crippen LogP) is 8.48. The number of nitrogens with one attached hydrogen (secondary N) is 2. The zero-order valence-electron chi connectivity index (χ0n) is 30.5. The summed E-state index contributed by atoms with van der Waals surface area (Å²) in [6.45, 7) is 3.39. The lowest BCUT2D eigenvalue weighted by atomic mass is 10.0. The van der Waals surface area contributed by atoms with E-state index in [1.807, 2.05) is 0 Å². The molecule has 0 bridgehead atoms. The van der Waals surface area contributed by atoms with Crippen LogP contribution < -0.4 is 10.6 Å². The van der Waals surface area contributed by atoms with Gasteiger partial charge in [0.05, 0.1) is 13.2 Å². The smallest absolute Gasteiger partial charge is 0.328 e. The molecule has 4 N–H and O–H groups in total. The Morgan fingerprint density at radius 1 is 0.625 bits per heavy atom. The lowest BCUT2D eigenvalue weighted by molar-refractivity contribution is -0.150. The second-order valence-electron chi connectivity index (χ2n) is 13.0. The van der Waals surface area contributed by atoms with Crippen LogP contribution in [-0.4, -0.2) is 59.3 Å². The molecule has 2 atom stereocenters. The van der Waals surface area contributed by atoms with Gasteiger partial charge in [-0.25, -0.2) is 4.79 Å². The van der Waals surface area contributed by atoms with Crippen LogP contribution in [0.25, 0.3) is 0 Å². The number of ether oxygens (including phenoxy) is 1. The molecule has 48 heavy (non-hydrogen) atoms. The molecule has 0 heterocycles. The Morgan fingerprint density at radius 3 is 1.75 bits per heavy atom. The monoisotopic (exact) mass is 679 g/mol. The van der Waals surface area contributed by atoms with Gasteiger partial charge in [0, 0.05) is 12.8 Å². The molecule has 278 valence electrons. The Bertz CT molecular complexity index is 874. The average molecular weight is 679 g/mol. The highest BCUT2D eigenvalue weighted by Crippen LogP contribution is 2.18. The molecule has 9 heteroatoms. The number of carboxylic acids is 1. The number of unbranched alkanes of at least 4 members (excludes halogenated alkanes) is 16. The van der Waals surface area contributed by atoms with E-state index in [0.717, 1.165) is 83.5 Å². The van der Waals surface area contributed by atoms with Crippen molar-refractivity contribution in [2.75, 3.05) is 13.2 Å². The summed E-state index contributed by atoms with van der Waals surface area (Å²) in [4.78, 5) is 47.3. The Kier molecular flexibility index (Phi) is 32.3. The number of aliphatic hydroxyl groups excluding tert-OH is 1. The topological polar surface area (TPSA) is 142 Å². The van der Waals surface area contributed by atoms with Gasteiger partial charge in [-0.1, -0.05) is 122 Å². The molecular weight excluding hydrogens is 608 g/mol. The van der Waals surface area contributed by atoms with E-state index >= 15 is 0 Å². The number of esters is 1. The number of carbonyl (C=O) groups excluding carboxylic acids is 3. The highest BCUT2D eigenvalue weighted by molar-refractivity contribution is 5.87. The fraction of sp³-hybridized carbons (Fsp3) is 0.795. The highest BCUT2D eigenvalue weighted by Gasteiger charge is 2.19. The lowest BCUT2D eigenvalue weighted by Gasteiger charge is -2.18. The standard InChI is InChI=1S/C39H70N2O7/c1-3-5-7-9-11-12-13-14-15-16-18-23-27-31-38(45)48-34(28-24-20-17-10-8-6-4-2)29-25-21-19-22-26-30-36(43)40-32-37(44)41-35(33-42)39(46)47/h7,9,12-13,34-35,42H,3-6,8,10-11,14-33H2,1-2H3,(H,40,43)(H,41,44)(H,46,47)/b9-7-,13-12-. The van der Waals surface area contributed by atoms with Crippen molar-refractivity contribution in [2.24, 2.45) is 0 Å². The molecule has 0 saturated heterocycles. The SMILES string of the molecule is CCC/C=C\C/C=C\CCCCCCCC(=O)OC(CCCCCCCCC)CCCCCCCC(=O)NCC(=O)NC(CO)C(=O)O. The van der Waals surface area contributed by atoms with Crippen LogP contribution in [-0.2, 0) is 23.9 Å². The van der Waals surface area contributed by atoms with E-state index in [1.54, 1.807) is 0 Å². The molecule has 0 fully saturated rings. The van der Waals surface area contributed by atoms with E-state index in [2.05, 4.69) is 48.8 Å². The summed E-state index contributed by atoms with van der Waals surface area (Å²) in [5, 5.41) is 22.5. The second kappa shape index (κ2) is 34.2. The van der Waals surface area contributed by atoms with Gasteiger partial charge in [0.1, 0.15) is 12.1 Å². The van der Waals surface area contributed by atoms with Gasteiger partial charge in [-0.2, -0.15) is 0 Å². The normalized spacial score (nSPS) is 12.7. The molecule has 2 amide bonds. The summed E-state index contributed by atoms with van der Waals surface area (Å²) in [6.07, 6.45) is 34.9. The number of carbonyl (C=O) groups is 4. The third kappa shape index (κ3) is 30.6. The van der Waals surface area contributed by atoms with E-state index < -0.39 is 24.5 Å². The first kappa shape index (κ1) is 45.3. The van der Waals surface area contributed by atoms with Crippen molar-refractivity contribution >= 4 is 23.8 Å². The number of aliphatic carboxylic acids is 1. The Labute approximate surface area is 292 Å². The zero-order chi connectivity index (χ0) is 35.5. The third-order valence-corrected chi connectivity index (χ3v) is 8.43. The largest absolute Gasteiger partial charge is 0.480 e. The fourth-order valence-electron chi connectivity index (χ4n) is 5.46. The molecule has 0 aromatic carbocycles. The molecule has 0 radical (unpaired) electrons. The summed E-state index contributed by atoms with van der Waals surface area (Å²) in [6, 6.07) is -1.38. The van der Waals surface area contributed by atoms with Crippen molar-refractivity contribution in [3.63, 3.8) is 0 Å². The number of hydrogen-bond donors (Lipinski definition) is 4. The number of carboxylic acid groups (broad SMARTS) is 1. The third-order valence-electron chi connectivity index (χ3n) is 8.43. The number of hydrogen-bond acceptors (Lipinski definition) is 6. The van der Waals surface area contributed by atoms with Gasteiger partial charge in [0.2, 0.25) is 11.8 Å². The van der Waals surface area contributed by atoms with Crippen molar-refractivity contribution in [1.82, 2.24) is 10.6 Å². The van der Waals surface area contributed by atoms with Crippen LogP contribution in [0.5, 0.6) is 0 Å². The van der Waals surface area contributed by atoms with Crippen LogP contribution >= 0.6 is 0 Å².